The van der Waals surface area contributed by atoms with Gasteiger partial charge in [0.2, 0.25) is 5.91 Å². The van der Waals surface area contributed by atoms with Crippen LogP contribution in [0.2, 0.25) is 0 Å². The Hall–Kier alpha value is -1.84. The molecule has 0 spiro atoms. The van der Waals surface area contributed by atoms with E-state index < -0.39 is 6.04 Å². The molecule has 1 aromatic carbocycles. The molecule has 3 atom stereocenters. The SMILES string of the molecule is CC1NC(=O)c2cccc3c2N(C1=O)[C@H]1CCC[C@@H]31. The Kier molecular flexibility index (Phi) is 2.08. The van der Waals surface area contributed by atoms with Crippen molar-refractivity contribution in [1.29, 1.82) is 0 Å². The van der Waals surface area contributed by atoms with Crippen LogP contribution in [0.5, 0.6) is 0 Å². The van der Waals surface area contributed by atoms with Crippen LogP contribution in [0.25, 0.3) is 0 Å². The minimum Gasteiger partial charge on any atom is -0.340 e. The third-order valence-electron chi connectivity index (χ3n) is 4.72. The predicted octanol–water partition coefficient (Wildman–Crippen LogP) is 1.80. The van der Waals surface area contributed by atoms with Crippen LogP contribution in [0, 0.1) is 0 Å². The second-order valence-electron chi connectivity index (χ2n) is 5.75. The molecule has 1 fully saturated rings. The predicted molar refractivity (Wildman–Crippen MR) is 71.2 cm³/mol. The minimum absolute atomic E-state index is 0.0361. The Labute approximate surface area is 111 Å². The number of rotatable bonds is 0. The number of anilines is 1. The van der Waals surface area contributed by atoms with Gasteiger partial charge in [-0.25, -0.2) is 0 Å². The van der Waals surface area contributed by atoms with Gasteiger partial charge in [0, 0.05) is 12.0 Å². The van der Waals surface area contributed by atoms with Crippen molar-refractivity contribution in [1.82, 2.24) is 5.32 Å². The summed E-state index contributed by atoms with van der Waals surface area (Å²) in [6, 6.07) is 5.67. The fraction of sp³-hybridized carbons (Fsp3) is 0.467. The Balaban J connectivity index is 1.99. The second kappa shape index (κ2) is 3.59. The molecular formula is C15H16N2O2. The van der Waals surface area contributed by atoms with Crippen molar-refractivity contribution < 1.29 is 9.59 Å². The first-order chi connectivity index (χ1) is 9.18. The average molecular weight is 256 g/mol. The lowest BCUT2D eigenvalue weighted by molar-refractivity contribution is -0.120. The molecule has 1 aliphatic carbocycles. The number of carbonyl (C=O) groups excluding carboxylic acids is 2. The number of fused-ring (bicyclic) bond motifs is 3. The van der Waals surface area contributed by atoms with Crippen molar-refractivity contribution in [3.05, 3.63) is 29.3 Å². The Morgan fingerprint density at radius 1 is 1.26 bits per heavy atom. The fourth-order valence-corrected chi connectivity index (χ4v) is 3.91. The number of hydrogen-bond acceptors (Lipinski definition) is 2. The Morgan fingerprint density at radius 2 is 2.11 bits per heavy atom. The summed E-state index contributed by atoms with van der Waals surface area (Å²) in [5.74, 6) is 0.339. The Morgan fingerprint density at radius 3 is 2.95 bits per heavy atom. The van der Waals surface area contributed by atoms with Gasteiger partial charge in [0.1, 0.15) is 6.04 Å². The standard InChI is InChI=1S/C15H16N2O2/c1-8-15(19)17-12-7-3-4-9(12)10-5-2-6-11(13(10)17)14(18)16-8/h2,5-6,8-9,12H,3-4,7H2,1H3,(H,16,18)/t8?,9-,12-/m0/s1. The second-order valence-corrected chi connectivity index (χ2v) is 5.75. The first-order valence-electron chi connectivity index (χ1n) is 6.95. The summed E-state index contributed by atoms with van der Waals surface area (Å²) in [5.41, 5.74) is 2.73. The van der Waals surface area contributed by atoms with E-state index in [4.69, 9.17) is 0 Å². The molecule has 3 aliphatic rings. The van der Waals surface area contributed by atoms with Gasteiger partial charge in [-0.15, -0.1) is 0 Å². The molecular weight excluding hydrogens is 240 g/mol. The van der Waals surface area contributed by atoms with Crippen LogP contribution in [0.15, 0.2) is 18.2 Å². The highest BCUT2D eigenvalue weighted by molar-refractivity contribution is 6.13. The van der Waals surface area contributed by atoms with Crippen molar-refractivity contribution in [2.24, 2.45) is 0 Å². The average Bonchev–Trinajstić information content (AvgIpc) is 2.94. The van der Waals surface area contributed by atoms with Crippen LogP contribution in [-0.2, 0) is 4.79 Å². The maximum atomic E-state index is 12.6. The first kappa shape index (κ1) is 11.0. The molecule has 1 N–H and O–H groups in total. The van der Waals surface area contributed by atoms with Crippen molar-refractivity contribution in [3.8, 4) is 0 Å². The summed E-state index contributed by atoms with van der Waals surface area (Å²) in [5, 5.41) is 2.79. The lowest BCUT2D eigenvalue weighted by Crippen LogP contribution is -2.46. The normalized spacial score (nSPS) is 31.8. The number of carbonyl (C=O) groups is 2. The molecule has 0 saturated heterocycles. The van der Waals surface area contributed by atoms with Gasteiger partial charge in [-0.2, -0.15) is 0 Å². The molecule has 4 rings (SSSR count). The molecule has 4 heteroatoms. The zero-order valence-electron chi connectivity index (χ0n) is 10.8. The van der Waals surface area contributed by atoms with Crippen LogP contribution in [0.4, 0.5) is 5.69 Å². The van der Waals surface area contributed by atoms with E-state index in [1.54, 1.807) is 6.92 Å². The molecule has 2 heterocycles. The van der Waals surface area contributed by atoms with Gasteiger partial charge >= 0.3 is 0 Å². The molecule has 98 valence electrons. The Bertz CT molecular complexity index is 596. The smallest absolute Gasteiger partial charge is 0.254 e. The van der Waals surface area contributed by atoms with E-state index in [1.165, 1.54) is 12.0 Å². The van der Waals surface area contributed by atoms with Crippen molar-refractivity contribution >= 4 is 17.5 Å². The van der Waals surface area contributed by atoms with E-state index in [-0.39, 0.29) is 17.9 Å². The lowest BCUT2D eigenvalue weighted by Gasteiger charge is -2.25. The van der Waals surface area contributed by atoms with Gasteiger partial charge in [0.15, 0.2) is 0 Å². The molecule has 2 aliphatic heterocycles. The van der Waals surface area contributed by atoms with Crippen LogP contribution in [0.1, 0.15) is 48.0 Å². The first-order valence-corrected chi connectivity index (χ1v) is 6.95. The third kappa shape index (κ3) is 1.29. The van der Waals surface area contributed by atoms with Crippen LogP contribution >= 0.6 is 0 Å². The minimum atomic E-state index is -0.438. The van der Waals surface area contributed by atoms with Crippen molar-refractivity contribution in [2.45, 2.75) is 44.2 Å². The number of amides is 2. The maximum Gasteiger partial charge on any atom is 0.254 e. The summed E-state index contributed by atoms with van der Waals surface area (Å²) in [6.45, 7) is 1.77. The number of benzene rings is 1. The highest BCUT2D eigenvalue weighted by atomic mass is 16.2. The molecule has 1 aromatic rings. The van der Waals surface area contributed by atoms with Gasteiger partial charge < -0.3 is 10.2 Å². The molecule has 19 heavy (non-hydrogen) atoms. The van der Waals surface area contributed by atoms with Gasteiger partial charge in [0.25, 0.3) is 5.91 Å². The van der Waals surface area contributed by atoms with Crippen molar-refractivity contribution in [2.75, 3.05) is 4.90 Å². The highest BCUT2D eigenvalue weighted by Gasteiger charge is 2.48. The molecule has 2 amide bonds. The number of nitrogens with zero attached hydrogens (tertiary/aromatic N) is 1. The van der Waals surface area contributed by atoms with Crippen molar-refractivity contribution in [3.63, 3.8) is 0 Å². The molecule has 1 saturated carbocycles. The van der Waals surface area contributed by atoms with E-state index in [1.807, 2.05) is 17.0 Å². The summed E-state index contributed by atoms with van der Waals surface area (Å²) < 4.78 is 0. The van der Waals surface area contributed by atoms with E-state index >= 15 is 0 Å². The zero-order valence-corrected chi connectivity index (χ0v) is 10.8. The topological polar surface area (TPSA) is 49.4 Å². The van der Waals surface area contributed by atoms with E-state index in [0.29, 0.717) is 11.5 Å². The zero-order chi connectivity index (χ0) is 13.1. The van der Waals surface area contributed by atoms with Gasteiger partial charge in [-0.1, -0.05) is 18.6 Å². The fourth-order valence-electron chi connectivity index (χ4n) is 3.91. The maximum absolute atomic E-state index is 12.6. The monoisotopic (exact) mass is 256 g/mol. The lowest BCUT2D eigenvalue weighted by atomic mass is 9.96. The van der Waals surface area contributed by atoms with Crippen LogP contribution in [0.3, 0.4) is 0 Å². The summed E-state index contributed by atoms with van der Waals surface area (Å²) in [6.07, 6.45) is 3.34. The molecule has 1 unspecified atom stereocenters. The van der Waals surface area contributed by atoms with E-state index in [0.717, 1.165) is 18.5 Å². The quantitative estimate of drug-likeness (QED) is 0.769. The number of hydrogen-bond donors (Lipinski definition) is 1. The largest absolute Gasteiger partial charge is 0.340 e. The highest BCUT2D eigenvalue weighted by Crippen LogP contribution is 2.51. The number of para-hydroxylation sites is 1. The van der Waals surface area contributed by atoms with Gasteiger partial charge in [-0.05, 0) is 31.4 Å². The molecule has 0 aromatic heterocycles. The van der Waals surface area contributed by atoms with Crippen LogP contribution < -0.4 is 10.2 Å². The van der Waals surface area contributed by atoms with Gasteiger partial charge in [-0.3, -0.25) is 9.59 Å². The third-order valence-corrected chi connectivity index (χ3v) is 4.72. The van der Waals surface area contributed by atoms with Crippen LogP contribution in [-0.4, -0.2) is 23.9 Å². The summed E-state index contributed by atoms with van der Waals surface area (Å²) in [4.78, 5) is 26.7. The van der Waals surface area contributed by atoms with Gasteiger partial charge in [0.05, 0.1) is 11.3 Å². The molecule has 0 radical (unpaired) electrons. The number of nitrogens with one attached hydrogen (secondary N) is 1. The molecule has 0 bridgehead atoms. The summed E-state index contributed by atoms with van der Waals surface area (Å²) >= 11 is 0. The van der Waals surface area contributed by atoms with E-state index in [2.05, 4.69) is 11.4 Å². The summed E-state index contributed by atoms with van der Waals surface area (Å²) in [7, 11) is 0. The molecule has 4 nitrogen and oxygen atoms in total. The van der Waals surface area contributed by atoms with E-state index in [9.17, 15) is 9.59 Å².